The molecule has 0 heterocycles. The monoisotopic (exact) mass is 332 g/mol. The van der Waals surface area contributed by atoms with E-state index in [0.29, 0.717) is 0 Å². The molecule has 0 atom stereocenters. The predicted molar refractivity (Wildman–Crippen MR) is 90.8 cm³/mol. The summed E-state index contributed by atoms with van der Waals surface area (Å²) in [5.41, 5.74) is 2.77. The van der Waals surface area contributed by atoms with Gasteiger partial charge in [-0.1, -0.05) is 30.3 Å². The van der Waals surface area contributed by atoms with Gasteiger partial charge in [-0.3, -0.25) is 4.79 Å². The Balaban J connectivity index is 1.89. The maximum absolute atomic E-state index is 12.0. The van der Waals surface area contributed by atoms with E-state index in [9.17, 15) is 13.2 Å². The summed E-state index contributed by atoms with van der Waals surface area (Å²) in [5, 5.41) is 2.80. The maximum atomic E-state index is 12.0. The highest BCUT2D eigenvalue weighted by Crippen LogP contribution is 2.16. The van der Waals surface area contributed by atoms with E-state index in [4.69, 9.17) is 0 Å². The summed E-state index contributed by atoms with van der Waals surface area (Å²) in [4.78, 5) is 12.1. The molecule has 5 nitrogen and oxygen atoms in total. The van der Waals surface area contributed by atoms with Crippen LogP contribution in [0.4, 0.5) is 5.69 Å². The number of sulfonamides is 1. The first-order valence-electron chi connectivity index (χ1n) is 7.30. The van der Waals surface area contributed by atoms with Gasteiger partial charge >= 0.3 is 0 Å². The van der Waals surface area contributed by atoms with Crippen LogP contribution in [0.3, 0.4) is 0 Å². The van der Waals surface area contributed by atoms with Gasteiger partial charge in [0.15, 0.2) is 0 Å². The number of anilines is 1. The Morgan fingerprint density at radius 1 is 1.04 bits per heavy atom. The van der Waals surface area contributed by atoms with Crippen molar-refractivity contribution < 1.29 is 13.2 Å². The third kappa shape index (κ3) is 4.91. The van der Waals surface area contributed by atoms with Crippen molar-refractivity contribution in [3.05, 3.63) is 59.7 Å². The van der Waals surface area contributed by atoms with Crippen LogP contribution in [0, 0.1) is 13.8 Å². The van der Waals surface area contributed by atoms with Gasteiger partial charge in [0.1, 0.15) is 0 Å². The molecule has 0 aromatic heterocycles. The molecule has 2 N–H and O–H groups in total. The smallest absolute Gasteiger partial charge is 0.240 e. The van der Waals surface area contributed by atoms with Crippen LogP contribution in [0.25, 0.3) is 0 Å². The first-order valence-corrected chi connectivity index (χ1v) is 8.78. The Kier molecular flexibility index (Phi) is 5.52. The third-order valence-corrected chi connectivity index (χ3v) is 4.84. The minimum Gasteiger partial charge on any atom is -0.326 e. The van der Waals surface area contributed by atoms with Gasteiger partial charge in [-0.25, -0.2) is 13.1 Å². The Labute approximate surface area is 136 Å². The highest BCUT2D eigenvalue weighted by atomic mass is 32.2. The van der Waals surface area contributed by atoms with Gasteiger partial charge in [-0.15, -0.1) is 0 Å². The molecule has 2 rings (SSSR count). The van der Waals surface area contributed by atoms with E-state index >= 15 is 0 Å². The van der Waals surface area contributed by atoms with E-state index in [-0.39, 0.29) is 23.8 Å². The molecule has 0 aliphatic carbocycles. The lowest BCUT2D eigenvalue weighted by Gasteiger charge is -2.10. The van der Waals surface area contributed by atoms with E-state index in [1.165, 1.54) is 12.1 Å². The molecule has 23 heavy (non-hydrogen) atoms. The van der Waals surface area contributed by atoms with Crippen LogP contribution in [0.15, 0.2) is 53.4 Å². The van der Waals surface area contributed by atoms with Gasteiger partial charge in [0.2, 0.25) is 15.9 Å². The zero-order chi connectivity index (χ0) is 16.9. The molecule has 0 fully saturated rings. The Bertz CT molecular complexity index is 787. The number of hydrogen-bond donors (Lipinski definition) is 2. The minimum absolute atomic E-state index is 0.0495. The summed E-state index contributed by atoms with van der Waals surface area (Å²) >= 11 is 0. The molecule has 0 saturated carbocycles. The van der Waals surface area contributed by atoms with Crippen molar-refractivity contribution in [2.45, 2.75) is 25.2 Å². The topological polar surface area (TPSA) is 75.3 Å². The molecule has 1 amide bonds. The molecule has 0 spiro atoms. The molecule has 0 aliphatic rings. The second kappa shape index (κ2) is 7.39. The number of amides is 1. The third-order valence-electron chi connectivity index (χ3n) is 3.36. The highest BCUT2D eigenvalue weighted by molar-refractivity contribution is 7.89. The summed E-state index contributed by atoms with van der Waals surface area (Å²) in [6.07, 6.45) is 0.0689. The van der Waals surface area contributed by atoms with Crippen molar-refractivity contribution >= 4 is 21.6 Å². The molecular weight excluding hydrogens is 312 g/mol. The zero-order valence-corrected chi connectivity index (χ0v) is 14.0. The molecular formula is C17H20N2O3S. The number of nitrogens with one attached hydrogen (secondary N) is 2. The van der Waals surface area contributed by atoms with Gasteiger partial charge in [0, 0.05) is 18.7 Å². The summed E-state index contributed by atoms with van der Waals surface area (Å²) < 4.78 is 26.5. The fourth-order valence-electron chi connectivity index (χ4n) is 2.07. The van der Waals surface area contributed by atoms with Gasteiger partial charge in [0.25, 0.3) is 0 Å². The average molecular weight is 332 g/mol. The molecule has 0 saturated heterocycles. The molecule has 0 unspecified atom stereocenters. The van der Waals surface area contributed by atoms with E-state index < -0.39 is 10.0 Å². The zero-order valence-electron chi connectivity index (χ0n) is 13.2. The van der Waals surface area contributed by atoms with Crippen molar-refractivity contribution in [3.63, 3.8) is 0 Å². The predicted octanol–water partition coefficient (Wildman–Crippen LogP) is 2.61. The second-order valence-electron chi connectivity index (χ2n) is 5.33. The van der Waals surface area contributed by atoms with Gasteiger partial charge in [0.05, 0.1) is 4.90 Å². The quantitative estimate of drug-likeness (QED) is 0.854. The number of benzene rings is 2. The highest BCUT2D eigenvalue weighted by Gasteiger charge is 2.13. The van der Waals surface area contributed by atoms with Crippen LogP contribution in [0.1, 0.15) is 17.5 Å². The molecule has 0 aliphatic heterocycles. The normalized spacial score (nSPS) is 11.2. The SMILES string of the molecule is Cc1ccc(C)c(NC(=O)CCNS(=O)(=O)c2ccccc2)c1. The van der Waals surface area contributed by atoms with Crippen LogP contribution in [0.5, 0.6) is 0 Å². The van der Waals surface area contributed by atoms with Gasteiger partial charge in [-0.2, -0.15) is 0 Å². The van der Waals surface area contributed by atoms with E-state index in [1.807, 2.05) is 32.0 Å². The van der Waals surface area contributed by atoms with E-state index in [1.54, 1.807) is 18.2 Å². The van der Waals surface area contributed by atoms with Gasteiger partial charge < -0.3 is 5.32 Å². The molecule has 122 valence electrons. The molecule has 2 aromatic carbocycles. The number of aryl methyl sites for hydroxylation is 2. The molecule has 6 heteroatoms. The first-order chi connectivity index (χ1) is 10.9. The first kappa shape index (κ1) is 17.2. The lowest BCUT2D eigenvalue weighted by molar-refractivity contribution is -0.116. The summed E-state index contributed by atoms with van der Waals surface area (Å²) in [5.74, 6) is -0.227. The largest absolute Gasteiger partial charge is 0.326 e. The molecule has 0 bridgehead atoms. The van der Waals surface area contributed by atoms with Crippen LogP contribution >= 0.6 is 0 Å². The van der Waals surface area contributed by atoms with Crippen molar-refractivity contribution in [2.75, 3.05) is 11.9 Å². The van der Waals surface area contributed by atoms with Crippen LogP contribution < -0.4 is 10.0 Å². The second-order valence-corrected chi connectivity index (χ2v) is 7.09. The number of carbonyl (C=O) groups is 1. The minimum atomic E-state index is -3.57. The fourth-order valence-corrected chi connectivity index (χ4v) is 3.12. The number of rotatable bonds is 6. The summed E-state index contributed by atoms with van der Waals surface area (Å²) in [7, 11) is -3.57. The van der Waals surface area contributed by atoms with Crippen molar-refractivity contribution in [1.82, 2.24) is 4.72 Å². The summed E-state index contributed by atoms with van der Waals surface area (Å²) in [6.45, 7) is 3.91. The fraction of sp³-hybridized carbons (Fsp3) is 0.235. The number of hydrogen-bond acceptors (Lipinski definition) is 3. The average Bonchev–Trinajstić information content (AvgIpc) is 2.51. The lowest BCUT2D eigenvalue weighted by atomic mass is 10.1. The van der Waals surface area contributed by atoms with Crippen LogP contribution in [-0.2, 0) is 14.8 Å². The summed E-state index contributed by atoms with van der Waals surface area (Å²) in [6, 6.07) is 13.9. The van der Waals surface area contributed by atoms with Gasteiger partial charge in [-0.05, 0) is 43.2 Å². The van der Waals surface area contributed by atoms with E-state index in [0.717, 1.165) is 16.8 Å². The van der Waals surface area contributed by atoms with E-state index in [2.05, 4.69) is 10.0 Å². The van der Waals surface area contributed by atoms with Crippen molar-refractivity contribution in [1.29, 1.82) is 0 Å². The number of carbonyl (C=O) groups excluding carboxylic acids is 1. The Morgan fingerprint density at radius 3 is 2.43 bits per heavy atom. The van der Waals surface area contributed by atoms with Crippen molar-refractivity contribution in [2.24, 2.45) is 0 Å². The standard InChI is InChI=1S/C17H20N2O3S/c1-13-8-9-14(2)16(12-13)19-17(20)10-11-18-23(21,22)15-6-4-3-5-7-15/h3-9,12,18H,10-11H2,1-2H3,(H,19,20). The maximum Gasteiger partial charge on any atom is 0.240 e. The Morgan fingerprint density at radius 2 is 1.74 bits per heavy atom. The lowest BCUT2D eigenvalue weighted by Crippen LogP contribution is -2.27. The van der Waals surface area contributed by atoms with Crippen LogP contribution in [-0.4, -0.2) is 20.9 Å². The van der Waals surface area contributed by atoms with Crippen molar-refractivity contribution in [3.8, 4) is 0 Å². The molecule has 2 aromatic rings. The van der Waals surface area contributed by atoms with Crippen LogP contribution in [0.2, 0.25) is 0 Å². The molecule has 0 radical (unpaired) electrons. The Hall–Kier alpha value is -2.18.